The number of benzene rings is 1. The summed E-state index contributed by atoms with van der Waals surface area (Å²) in [7, 11) is 1.99. The van der Waals surface area contributed by atoms with E-state index in [9.17, 15) is 0 Å². The Hall–Kier alpha value is -1.60. The second-order valence-electron chi connectivity index (χ2n) is 5.41. The van der Waals surface area contributed by atoms with Gasteiger partial charge in [0, 0.05) is 0 Å². The van der Waals surface area contributed by atoms with E-state index in [1.54, 1.807) is 0 Å². The van der Waals surface area contributed by atoms with Crippen molar-refractivity contribution in [1.82, 2.24) is 5.32 Å². The first-order valence-corrected chi connectivity index (χ1v) is 7.91. The van der Waals surface area contributed by atoms with Crippen molar-refractivity contribution in [3.05, 3.63) is 66.8 Å². The van der Waals surface area contributed by atoms with Gasteiger partial charge in [-0.05, 0) is 61.9 Å². The molecule has 0 aliphatic rings. The van der Waals surface area contributed by atoms with Crippen molar-refractivity contribution in [2.75, 3.05) is 13.6 Å². The zero-order valence-corrected chi connectivity index (χ0v) is 13.6. The molecule has 1 aromatic rings. The van der Waals surface area contributed by atoms with E-state index in [2.05, 4.69) is 55.7 Å². The van der Waals surface area contributed by atoms with Gasteiger partial charge in [0.1, 0.15) is 0 Å². The first-order chi connectivity index (χ1) is 10.2. The summed E-state index contributed by atoms with van der Waals surface area (Å²) < 4.78 is 0. The summed E-state index contributed by atoms with van der Waals surface area (Å²) in [5.74, 6) is 0.377. The van der Waals surface area contributed by atoms with Crippen molar-refractivity contribution in [2.24, 2.45) is 5.92 Å². The fraction of sp³-hybridized carbons (Fsp3) is 0.400. The third kappa shape index (κ3) is 5.73. The van der Waals surface area contributed by atoms with Gasteiger partial charge >= 0.3 is 0 Å². The van der Waals surface area contributed by atoms with Crippen LogP contribution in [0.4, 0.5) is 0 Å². The minimum atomic E-state index is 0.377. The van der Waals surface area contributed by atoms with Crippen molar-refractivity contribution >= 4 is 5.57 Å². The van der Waals surface area contributed by atoms with E-state index < -0.39 is 0 Å². The van der Waals surface area contributed by atoms with Crippen LogP contribution in [-0.2, 0) is 6.42 Å². The summed E-state index contributed by atoms with van der Waals surface area (Å²) in [6.07, 6.45) is 10.8. The molecule has 0 fully saturated rings. The molecule has 0 aliphatic carbocycles. The van der Waals surface area contributed by atoms with Crippen LogP contribution < -0.4 is 5.32 Å². The highest BCUT2D eigenvalue weighted by Gasteiger charge is 2.11. The largest absolute Gasteiger partial charge is 0.319 e. The molecule has 0 bridgehead atoms. The maximum atomic E-state index is 3.97. The molecule has 114 valence electrons. The molecule has 0 aliphatic heterocycles. The Morgan fingerprint density at radius 1 is 1.24 bits per heavy atom. The number of unbranched alkanes of at least 4 members (excludes halogenated alkanes) is 1. The molecule has 0 saturated carbocycles. The second-order valence-corrected chi connectivity index (χ2v) is 5.41. The lowest BCUT2D eigenvalue weighted by atomic mass is 9.88. The van der Waals surface area contributed by atoms with Crippen molar-refractivity contribution in [3.63, 3.8) is 0 Å². The van der Waals surface area contributed by atoms with Crippen LogP contribution in [0.2, 0.25) is 0 Å². The van der Waals surface area contributed by atoms with E-state index in [4.69, 9.17) is 0 Å². The molecule has 1 unspecified atom stereocenters. The summed E-state index contributed by atoms with van der Waals surface area (Å²) in [6.45, 7) is 11.0. The fourth-order valence-corrected chi connectivity index (χ4v) is 2.50. The van der Waals surface area contributed by atoms with Gasteiger partial charge in [0.2, 0.25) is 0 Å². The maximum absolute atomic E-state index is 3.97. The molecule has 1 rings (SSSR count). The van der Waals surface area contributed by atoms with Crippen LogP contribution in [0, 0.1) is 5.92 Å². The van der Waals surface area contributed by atoms with Gasteiger partial charge < -0.3 is 5.32 Å². The molecule has 1 N–H and O–H groups in total. The van der Waals surface area contributed by atoms with Crippen molar-refractivity contribution < 1.29 is 0 Å². The third-order valence-corrected chi connectivity index (χ3v) is 3.79. The Balaban J connectivity index is 3.02. The van der Waals surface area contributed by atoms with E-state index >= 15 is 0 Å². The quantitative estimate of drug-likeness (QED) is 0.470. The van der Waals surface area contributed by atoms with Gasteiger partial charge in [-0.1, -0.05) is 49.4 Å². The second kappa shape index (κ2) is 10.2. The molecule has 0 aromatic heterocycles. The van der Waals surface area contributed by atoms with Crippen LogP contribution >= 0.6 is 0 Å². The number of nitrogens with one attached hydrogen (secondary N) is 1. The van der Waals surface area contributed by atoms with E-state index in [-0.39, 0.29) is 0 Å². The van der Waals surface area contributed by atoms with Crippen LogP contribution in [-0.4, -0.2) is 13.6 Å². The molecular weight excluding hydrogens is 254 g/mol. The van der Waals surface area contributed by atoms with Crippen LogP contribution in [0.3, 0.4) is 0 Å². The number of allylic oxidation sites excluding steroid dienone is 3. The van der Waals surface area contributed by atoms with Gasteiger partial charge in [0.05, 0.1) is 0 Å². The zero-order valence-electron chi connectivity index (χ0n) is 13.6. The maximum Gasteiger partial charge on any atom is -0.00102 e. The lowest BCUT2D eigenvalue weighted by molar-refractivity contribution is 0.803. The Bertz CT molecular complexity index is 470. The van der Waals surface area contributed by atoms with E-state index in [1.807, 2.05) is 19.2 Å². The van der Waals surface area contributed by atoms with E-state index in [1.165, 1.54) is 16.7 Å². The van der Waals surface area contributed by atoms with Gasteiger partial charge in [-0.2, -0.15) is 0 Å². The molecule has 0 spiro atoms. The van der Waals surface area contributed by atoms with E-state index in [0.717, 1.165) is 32.2 Å². The van der Waals surface area contributed by atoms with Gasteiger partial charge in [-0.3, -0.25) is 0 Å². The highest BCUT2D eigenvalue weighted by Crippen LogP contribution is 2.28. The molecule has 1 heteroatoms. The summed E-state index contributed by atoms with van der Waals surface area (Å²) in [4.78, 5) is 0. The zero-order chi connectivity index (χ0) is 15.5. The predicted octanol–water partition coefficient (Wildman–Crippen LogP) is 5.01. The Morgan fingerprint density at radius 3 is 2.67 bits per heavy atom. The molecule has 1 aromatic carbocycles. The van der Waals surface area contributed by atoms with Crippen molar-refractivity contribution in [3.8, 4) is 0 Å². The topological polar surface area (TPSA) is 12.0 Å². The standard InChI is InChI=1S/C20H29N/c1-5-7-8-12-18-13-9-10-14-20(18)19(17(3)6-2)15-11-16-21-4/h5-6,9-10,13-15,17,21H,1-2,7-8,11-12,16H2,3-4H3/b19-15-. The van der Waals surface area contributed by atoms with Crippen LogP contribution in [0.25, 0.3) is 5.57 Å². The third-order valence-electron chi connectivity index (χ3n) is 3.79. The van der Waals surface area contributed by atoms with Gasteiger partial charge in [0.25, 0.3) is 0 Å². The average Bonchev–Trinajstić information content (AvgIpc) is 2.52. The molecule has 0 amide bonds. The monoisotopic (exact) mass is 283 g/mol. The summed E-state index contributed by atoms with van der Waals surface area (Å²) in [6, 6.07) is 8.76. The summed E-state index contributed by atoms with van der Waals surface area (Å²) in [5.41, 5.74) is 4.21. The molecule has 0 heterocycles. The molecule has 1 nitrogen and oxygen atoms in total. The highest BCUT2D eigenvalue weighted by molar-refractivity contribution is 5.71. The smallest absolute Gasteiger partial charge is 0.00102 e. The fourth-order valence-electron chi connectivity index (χ4n) is 2.50. The minimum absolute atomic E-state index is 0.377. The van der Waals surface area contributed by atoms with Crippen molar-refractivity contribution in [1.29, 1.82) is 0 Å². The Kier molecular flexibility index (Phi) is 8.45. The number of rotatable bonds is 10. The lowest BCUT2D eigenvalue weighted by Crippen LogP contribution is -2.07. The van der Waals surface area contributed by atoms with Crippen LogP contribution in [0.5, 0.6) is 0 Å². The molecule has 0 saturated heterocycles. The van der Waals surface area contributed by atoms with E-state index in [0.29, 0.717) is 5.92 Å². The first-order valence-electron chi connectivity index (χ1n) is 7.91. The highest BCUT2D eigenvalue weighted by atomic mass is 14.8. The van der Waals surface area contributed by atoms with Crippen LogP contribution in [0.1, 0.15) is 37.3 Å². The van der Waals surface area contributed by atoms with Gasteiger partial charge in [-0.15, -0.1) is 13.2 Å². The Morgan fingerprint density at radius 2 is 2.00 bits per heavy atom. The SMILES string of the molecule is C=CCCCc1ccccc1/C(=C\CCNC)C(C)C=C. The molecule has 1 atom stereocenters. The number of hydrogen-bond donors (Lipinski definition) is 1. The first kappa shape index (κ1) is 17.5. The normalized spacial score (nSPS) is 13.0. The minimum Gasteiger partial charge on any atom is -0.319 e. The number of aryl methyl sites for hydroxylation is 1. The van der Waals surface area contributed by atoms with Crippen LogP contribution in [0.15, 0.2) is 55.7 Å². The number of hydrogen-bond acceptors (Lipinski definition) is 1. The summed E-state index contributed by atoms with van der Waals surface area (Å²) >= 11 is 0. The molecular formula is C20H29N. The lowest BCUT2D eigenvalue weighted by Gasteiger charge is -2.17. The van der Waals surface area contributed by atoms with Crippen molar-refractivity contribution in [2.45, 2.75) is 32.6 Å². The summed E-state index contributed by atoms with van der Waals surface area (Å²) in [5, 5.41) is 3.21. The van der Waals surface area contributed by atoms with Gasteiger partial charge in [0.15, 0.2) is 0 Å². The molecule has 0 radical (unpaired) electrons. The average molecular weight is 283 g/mol. The molecule has 21 heavy (non-hydrogen) atoms. The predicted molar refractivity (Wildman–Crippen MR) is 95.5 cm³/mol. The van der Waals surface area contributed by atoms with Gasteiger partial charge in [-0.25, -0.2) is 0 Å². The Labute approximate surface area is 130 Å².